The fourth-order valence-electron chi connectivity index (χ4n) is 1.60. The molecule has 5 heteroatoms. The van der Waals surface area contributed by atoms with E-state index in [4.69, 9.17) is 5.73 Å². The first kappa shape index (κ1) is 12.1. The Bertz CT molecular complexity index is 549. The summed E-state index contributed by atoms with van der Waals surface area (Å²) >= 11 is 1.48. The molecule has 1 aromatic carbocycles. The quantitative estimate of drug-likeness (QED) is 0.891. The van der Waals surface area contributed by atoms with Crippen LogP contribution < -0.4 is 5.73 Å². The Hall–Kier alpha value is -1.33. The summed E-state index contributed by atoms with van der Waals surface area (Å²) in [6.45, 7) is 3.70. The third-order valence-electron chi connectivity index (χ3n) is 2.37. The highest BCUT2D eigenvalue weighted by Gasteiger charge is 2.15. The van der Waals surface area contributed by atoms with E-state index in [1.165, 1.54) is 17.4 Å². The number of rotatable bonds is 2. The molecule has 0 amide bonds. The lowest BCUT2D eigenvalue weighted by Gasteiger charge is -2.05. The first-order valence-corrected chi connectivity index (χ1v) is 5.99. The molecule has 0 bridgehead atoms. The first-order valence-electron chi connectivity index (χ1n) is 5.17. The molecule has 1 heterocycles. The number of aromatic nitrogens is 1. The molecular weight excluding hydrogens is 242 g/mol. The van der Waals surface area contributed by atoms with Gasteiger partial charge in [0.1, 0.15) is 0 Å². The number of hydrogen-bond acceptors (Lipinski definition) is 3. The second-order valence-electron chi connectivity index (χ2n) is 3.86. The lowest BCUT2D eigenvalue weighted by molar-refractivity contribution is 0.509. The molecule has 2 nitrogen and oxygen atoms in total. The summed E-state index contributed by atoms with van der Waals surface area (Å²) in [4.78, 5) is 5.21. The van der Waals surface area contributed by atoms with Crippen molar-refractivity contribution in [3.05, 3.63) is 39.7 Å². The predicted molar refractivity (Wildman–Crippen MR) is 64.8 cm³/mol. The van der Waals surface area contributed by atoms with Crippen molar-refractivity contribution in [2.45, 2.75) is 19.9 Å². The van der Waals surface area contributed by atoms with Crippen molar-refractivity contribution in [3.8, 4) is 11.3 Å². The Labute approximate surface area is 102 Å². The van der Waals surface area contributed by atoms with E-state index >= 15 is 0 Å². The highest BCUT2D eigenvalue weighted by atomic mass is 32.1. The van der Waals surface area contributed by atoms with Crippen LogP contribution in [0, 0.1) is 18.6 Å². The Morgan fingerprint density at radius 2 is 2.00 bits per heavy atom. The third kappa shape index (κ3) is 2.35. The predicted octanol–water partition coefficient (Wildman–Crippen LogP) is 3.42. The van der Waals surface area contributed by atoms with Gasteiger partial charge in [-0.2, -0.15) is 0 Å². The van der Waals surface area contributed by atoms with Crippen LogP contribution in [0.4, 0.5) is 8.78 Å². The molecule has 0 aliphatic heterocycles. The smallest absolute Gasteiger partial charge is 0.159 e. The van der Waals surface area contributed by atoms with E-state index in [0.717, 1.165) is 22.0 Å². The molecule has 1 aromatic heterocycles. The first-order chi connectivity index (χ1) is 7.99. The standard InChI is InChI=1S/C12H12F2N2S/c1-6(15)12-11(16-7(2)17-12)8-3-4-9(13)10(14)5-8/h3-6H,15H2,1-2H3. The summed E-state index contributed by atoms with van der Waals surface area (Å²) in [5.41, 5.74) is 7.03. The molecule has 17 heavy (non-hydrogen) atoms. The maximum absolute atomic E-state index is 13.2. The molecule has 1 unspecified atom stereocenters. The highest BCUT2D eigenvalue weighted by molar-refractivity contribution is 7.12. The Morgan fingerprint density at radius 1 is 1.29 bits per heavy atom. The maximum atomic E-state index is 13.2. The van der Waals surface area contributed by atoms with Gasteiger partial charge in [0.15, 0.2) is 11.6 Å². The van der Waals surface area contributed by atoms with Crippen molar-refractivity contribution >= 4 is 11.3 Å². The van der Waals surface area contributed by atoms with Crippen LogP contribution in [-0.4, -0.2) is 4.98 Å². The van der Waals surface area contributed by atoms with Gasteiger partial charge in [-0.05, 0) is 32.0 Å². The SMILES string of the molecule is Cc1nc(-c2ccc(F)c(F)c2)c(C(C)N)s1. The number of thiazole rings is 1. The molecule has 90 valence electrons. The normalized spacial score (nSPS) is 12.8. The van der Waals surface area contributed by atoms with Crippen molar-refractivity contribution in [3.63, 3.8) is 0 Å². The summed E-state index contributed by atoms with van der Waals surface area (Å²) in [7, 11) is 0. The Balaban J connectivity index is 2.55. The molecule has 0 spiro atoms. The van der Waals surface area contributed by atoms with Gasteiger partial charge in [0.25, 0.3) is 0 Å². The number of nitrogens with zero attached hydrogens (tertiary/aromatic N) is 1. The van der Waals surface area contributed by atoms with Gasteiger partial charge in [0.2, 0.25) is 0 Å². The number of aryl methyl sites for hydroxylation is 1. The summed E-state index contributed by atoms with van der Waals surface area (Å²) in [6.07, 6.45) is 0. The Morgan fingerprint density at radius 3 is 2.59 bits per heavy atom. The number of benzene rings is 1. The van der Waals surface area contributed by atoms with Gasteiger partial charge in [-0.25, -0.2) is 13.8 Å². The highest BCUT2D eigenvalue weighted by Crippen LogP contribution is 2.32. The minimum Gasteiger partial charge on any atom is -0.323 e. The molecule has 2 aromatic rings. The molecule has 0 fully saturated rings. The van der Waals surface area contributed by atoms with Gasteiger partial charge in [0, 0.05) is 16.5 Å². The Kier molecular flexibility index (Phi) is 3.22. The van der Waals surface area contributed by atoms with E-state index in [0.29, 0.717) is 11.3 Å². The van der Waals surface area contributed by atoms with Crippen LogP contribution in [0.15, 0.2) is 18.2 Å². The van der Waals surface area contributed by atoms with Crippen molar-refractivity contribution in [2.75, 3.05) is 0 Å². The molecule has 0 aliphatic carbocycles. The van der Waals surface area contributed by atoms with Gasteiger partial charge in [-0.15, -0.1) is 11.3 Å². The zero-order chi connectivity index (χ0) is 12.6. The summed E-state index contributed by atoms with van der Waals surface area (Å²) in [6, 6.07) is 3.59. The van der Waals surface area contributed by atoms with E-state index in [-0.39, 0.29) is 6.04 Å². The van der Waals surface area contributed by atoms with Crippen LogP contribution in [-0.2, 0) is 0 Å². The molecule has 2 N–H and O–H groups in total. The molecule has 0 radical (unpaired) electrons. The summed E-state index contributed by atoms with van der Waals surface area (Å²) in [5.74, 6) is -1.73. The van der Waals surface area contributed by atoms with Crippen LogP contribution in [0.5, 0.6) is 0 Å². The molecule has 2 rings (SSSR count). The third-order valence-corrected chi connectivity index (χ3v) is 3.54. The molecular formula is C12H12F2N2S. The van der Waals surface area contributed by atoms with Gasteiger partial charge in [-0.3, -0.25) is 0 Å². The molecule has 0 saturated heterocycles. The zero-order valence-corrected chi connectivity index (χ0v) is 10.3. The average molecular weight is 254 g/mol. The maximum Gasteiger partial charge on any atom is 0.159 e. The second-order valence-corrected chi connectivity index (χ2v) is 5.10. The lowest BCUT2D eigenvalue weighted by Crippen LogP contribution is -2.04. The fourth-order valence-corrected chi connectivity index (χ4v) is 2.50. The molecule has 1 atom stereocenters. The summed E-state index contributed by atoms with van der Waals surface area (Å²) < 4.78 is 26.0. The zero-order valence-electron chi connectivity index (χ0n) is 9.50. The topological polar surface area (TPSA) is 38.9 Å². The van der Waals surface area contributed by atoms with Crippen LogP contribution in [0.3, 0.4) is 0 Å². The van der Waals surface area contributed by atoms with Crippen molar-refractivity contribution in [1.29, 1.82) is 0 Å². The largest absolute Gasteiger partial charge is 0.323 e. The summed E-state index contributed by atoms with van der Waals surface area (Å²) in [5, 5.41) is 0.858. The minimum absolute atomic E-state index is 0.177. The van der Waals surface area contributed by atoms with Crippen molar-refractivity contribution in [1.82, 2.24) is 4.98 Å². The molecule has 0 saturated carbocycles. The van der Waals surface area contributed by atoms with Gasteiger partial charge in [-0.1, -0.05) is 0 Å². The molecule has 0 aliphatic rings. The number of nitrogens with two attached hydrogens (primary N) is 1. The van der Waals surface area contributed by atoms with E-state index in [1.54, 1.807) is 0 Å². The van der Waals surface area contributed by atoms with Gasteiger partial charge in [0.05, 0.1) is 10.7 Å². The minimum atomic E-state index is -0.872. The van der Waals surface area contributed by atoms with Crippen LogP contribution >= 0.6 is 11.3 Å². The van der Waals surface area contributed by atoms with E-state index < -0.39 is 11.6 Å². The van der Waals surface area contributed by atoms with Crippen molar-refractivity contribution in [2.24, 2.45) is 5.73 Å². The van der Waals surface area contributed by atoms with Crippen molar-refractivity contribution < 1.29 is 8.78 Å². The lowest BCUT2D eigenvalue weighted by atomic mass is 10.1. The monoisotopic (exact) mass is 254 g/mol. The average Bonchev–Trinajstić information content (AvgIpc) is 2.64. The number of halogens is 2. The van der Waals surface area contributed by atoms with Crippen LogP contribution in [0.2, 0.25) is 0 Å². The van der Waals surface area contributed by atoms with Crippen LogP contribution in [0.25, 0.3) is 11.3 Å². The van der Waals surface area contributed by atoms with E-state index in [9.17, 15) is 8.78 Å². The number of hydrogen-bond donors (Lipinski definition) is 1. The second kappa shape index (κ2) is 4.50. The van der Waals surface area contributed by atoms with E-state index in [2.05, 4.69) is 4.98 Å². The van der Waals surface area contributed by atoms with Crippen LogP contribution in [0.1, 0.15) is 22.9 Å². The van der Waals surface area contributed by atoms with Gasteiger partial charge >= 0.3 is 0 Å². The van der Waals surface area contributed by atoms with Gasteiger partial charge < -0.3 is 5.73 Å². The fraction of sp³-hybridized carbons (Fsp3) is 0.250. The van der Waals surface area contributed by atoms with E-state index in [1.807, 2.05) is 13.8 Å².